The molecule has 0 atom stereocenters. The summed E-state index contributed by atoms with van der Waals surface area (Å²) in [5.41, 5.74) is 5.22. The Morgan fingerprint density at radius 3 is 2.75 bits per heavy atom. The summed E-state index contributed by atoms with van der Waals surface area (Å²) >= 11 is 0. The van der Waals surface area contributed by atoms with Crippen molar-refractivity contribution in [1.29, 1.82) is 0 Å². The summed E-state index contributed by atoms with van der Waals surface area (Å²) in [5.74, 6) is 0.456. The highest BCUT2D eigenvalue weighted by molar-refractivity contribution is 6.35. The topological polar surface area (TPSA) is 129 Å². The highest BCUT2D eigenvalue weighted by Crippen LogP contribution is 2.37. The Labute approximate surface area is 254 Å². The molecular formula is C33H32N8O3. The molecule has 0 unspecified atom stereocenters. The van der Waals surface area contributed by atoms with Crippen molar-refractivity contribution < 1.29 is 14.3 Å². The van der Waals surface area contributed by atoms with Gasteiger partial charge in [-0.3, -0.25) is 14.5 Å². The minimum Gasteiger partial charge on any atom is -0.379 e. The molecule has 44 heavy (non-hydrogen) atoms. The monoisotopic (exact) mass is 588 g/mol. The van der Waals surface area contributed by atoms with Crippen molar-refractivity contribution in [3.63, 3.8) is 0 Å². The molecule has 0 aliphatic carbocycles. The number of nitrogens with one attached hydrogen (secondary N) is 4. The maximum absolute atomic E-state index is 13.0. The number of aromatic amines is 1. The van der Waals surface area contributed by atoms with Crippen molar-refractivity contribution in [1.82, 2.24) is 29.7 Å². The lowest BCUT2D eigenvalue weighted by Gasteiger charge is -2.26. The van der Waals surface area contributed by atoms with Crippen LogP contribution in [0.25, 0.3) is 22.6 Å². The zero-order valence-electron chi connectivity index (χ0n) is 24.0. The Morgan fingerprint density at radius 1 is 1.02 bits per heavy atom. The maximum Gasteiger partial charge on any atom is 0.267 e. The third-order valence-corrected chi connectivity index (χ3v) is 7.89. The molecule has 2 amide bonds. The highest BCUT2D eigenvalue weighted by atomic mass is 16.5. The number of amides is 2. The number of rotatable bonds is 9. The van der Waals surface area contributed by atoms with Crippen LogP contribution in [0.2, 0.25) is 0 Å². The van der Waals surface area contributed by atoms with Crippen LogP contribution < -0.4 is 16.0 Å². The highest BCUT2D eigenvalue weighted by Gasteiger charge is 2.29. The maximum atomic E-state index is 13.0. The van der Waals surface area contributed by atoms with E-state index >= 15 is 0 Å². The molecule has 2 aliphatic rings. The Kier molecular flexibility index (Phi) is 7.61. The van der Waals surface area contributed by atoms with E-state index in [1.807, 2.05) is 24.3 Å². The molecule has 5 heterocycles. The van der Waals surface area contributed by atoms with Crippen LogP contribution in [-0.4, -0.2) is 75.6 Å². The zero-order valence-corrected chi connectivity index (χ0v) is 24.0. The van der Waals surface area contributed by atoms with Gasteiger partial charge in [0.1, 0.15) is 23.7 Å². The summed E-state index contributed by atoms with van der Waals surface area (Å²) in [4.78, 5) is 39.9. The van der Waals surface area contributed by atoms with Gasteiger partial charge in [-0.2, -0.15) is 0 Å². The molecule has 7 rings (SSSR count). The lowest BCUT2D eigenvalue weighted by Crippen LogP contribution is -2.41. The molecule has 2 aromatic carbocycles. The molecule has 1 saturated heterocycles. The van der Waals surface area contributed by atoms with Gasteiger partial charge in [-0.05, 0) is 48.0 Å². The molecule has 0 saturated carbocycles. The fraction of sp³-hybridized carbons (Fsp3) is 0.212. The minimum atomic E-state index is -0.289. The second-order valence-corrected chi connectivity index (χ2v) is 10.8. The molecule has 1 fully saturated rings. The number of hydrogen-bond donors (Lipinski definition) is 4. The van der Waals surface area contributed by atoms with Gasteiger partial charge in [0.2, 0.25) is 0 Å². The van der Waals surface area contributed by atoms with Crippen molar-refractivity contribution in [2.45, 2.75) is 6.54 Å². The van der Waals surface area contributed by atoms with E-state index in [0.29, 0.717) is 40.7 Å². The number of benzene rings is 2. The summed E-state index contributed by atoms with van der Waals surface area (Å²) in [7, 11) is 0. The Bertz CT molecular complexity index is 1850. The van der Waals surface area contributed by atoms with Crippen LogP contribution in [0.4, 0.5) is 17.3 Å². The molecule has 0 spiro atoms. The molecule has 4 N–H and O–H groups in total. The predicted octanol–water partition coefficient (Wildman–Crippen LogP) is 4.11. The number of carbonyl (C=O) groups excluding carboxylic acids is 2. The lowest BCUT2D eigenvalue weighted by atomic mass is 10.1. The molecule has 0 bridgehead atoms. The van der Waals surface area contributed by atoms with Crippen LogP contribution >= 0.6 is 0 Å². The summed E-state index contributed by atoms with van der Waals surface area (Å²) in [6, 6.07) is 22.1. The molecule has 222 valence electrons. The summed E-state index contributed by atoms with van der Waals surface area (Å²) in [6.45, 7) is 5.29. The number of carbonyl (C=O) groups is 2. The zero-order chi connectivity index (χ0) is 29.9. The summed E-state index contributed by atoms with van der Waals surface area (Å²) in [5, 5.41) is 10.3. The smallest absolute Gasteiger partial charge is 0.267 e. The number of nitrogens with zero attached hydrogens (tertiary/aromatic N) is 4. The Hall–Kier alpha value is -5.26. The first-order chi connectivity index (χ1) is 21.6. The molecular weight excluding hydrogens is 556 g/mol. The van der Waals surface area contributed by atoms with Crippen LogP contribution in [0, 0.1) is 0 Å². The van der Waals surface area contributed by atoms with E-state index < -0.39 is 0 Å². The second-order valence-electron chi connectivity index (χ2n) is 10.8. The van der Waals surface area contributed by atoms with Crippen LogP contribution in [0.3, 0.4) is 0 Å². The first-order valence-corrected chi connectivity index (χ1v) is 14.7. The van der Waals surface area contributed by atoms with Gasteiger partial charge in [-0.15, -0.1) is 0 Å². The number of morpholine rings is 1. The molecule has 11 nitrogen and oxygen atoms in total. The number of fused-ring (bicyclic) bond motifs is 2. The van der Waals surface area contributed by atoms with Gasteiger partial charge in [-0.1, -0.05) is 30.3 Å². The van der Waals surface area contributed by atoms with E-state index in [9.17, 15) is 9.59 Å². The van der Waals surface area contributed by atoms with E-state index in [1.54, 1.807) is 18.2 Å². The number of hydrogen-bond acceptors (Lipinski definition) is 7. The number of aromatic nitrogens is 4. The van der Waals surface area contributed by atoms with Crippen molar-refractivity contribution in [2.24, 2.45) is 0 Å². The van der Waals surface area contributed by atoms with Crippen molar-refractivity contribution in [2.75, 3.05) is 50.0 Å². The van der Waals surface area contributed by atoms with Crippen LogP contribution in [-0.2, 0) is 16.1 Å². The summed E-state index contributed by atoms with van der Waals surface area (Å²) < 4.78 is 7.59. The van der Waals surface area contributed by atoms with Gasteiger partial charge in [0.05, 0.1) is 24.4 Å². The Balaban J connectivity index is 1.07. The van der Waals surface area contributed by atoms with E-state index in [4.69, 9.17) is 4.74 Å². The molecule has 11 heteroatoms. The van der Waals surface area contributed by atoms with Gasteiger partial charge in [-0.25, -0.2) is 9.97 Å². The second kappa shape index (κ2) is 12.2. The van der Waals surface area contributed by atoms with Crippen molar-refractivity contribution in [3.05, 3.63) is 102 Å². The van der Waals surface area contributed by atoms with Gasteiger partial charge >= 0.3 is 0 Å². The molecule has 2 aliphatic heterocycles. The van der Waals surface area contributed by atoms with Crippen LogP contribution in [0.5, 0.6) is 0 Å². The molecule has 3 aromatic heterocycles. The van der Waals surface area contributed by atoms with Gasteiger partial charge in [0.25, 0.3) is 11.8 Å². The fourth-order valence-corrected chi connectivity index (χ4v) is 5.62. The third-order valence-electron chi connectivity index (χ3n) is 7.89. The van der Waals surface area contributed by atoms with Gasteiger partial charge in [0.15, 0.2) is 0 Å². The first-order valence-electron chi connectivity index (χ1n) is 14.7. The lowest BCUT2D eigenvalue weighted by molar-refractivity contribution is -0.110. The molecule has 0 radical (unpaired) electrons. The van der Waals surface area contributed by atoms with E-state index in [-0.39, 0.29) is 11.8 Å². The van der Waals surface area contributed by atoms with E-state index in [1.165, 1.54) is 11.9 Å². The number of anilines is 3. The average molecular weight is 589 g/mol. The van der Waals surface area contributed by atoms with Crippen molar-refractivity contribution in [3.8, 4) is 0 Å². The SMILES string of the molecule is O=C1Nc2ncnc(Nc3ccc4c(ccn4Cc4ccccc4)c3)c2C1=Cc1ccc(C(=O)NCCN2CCOCC2)[nH]1. The fourth-order valence-electron chi connectivity index (χ4n) is 5.62. The minimum absolute atomic E-state index is 0.196. The van der Waals surface area contributed by atoms with Gasteiger partial charge < -0.3 is 30.2 Å². The predicted molar refractivity (Wildman–Crippen MR) is 170 cm³/mol. The largest absolute Gasteiger partial charge is 0.379 e. The number of H-pyrrole nitrogens is 1. The first kappa shape index (κ1) is 27.6. The summed E-state index contributed by atoms with van der Waals surface area (Å²) in [6.07, 6.45) is 5.22. The van der Waals surface area contributed by atoms with E-state index in [0.717, 1.165) is 56.0 Å². The van der Waals surface area contributed by atoms with Crippen molar-refractivity contribution >= 4 is 51.7 Å². The normalized spacial score (nSPS) is 15.8. The van der Waals surface area contributed by atoms with Crippen LogP contribution in [0.1, 0.15) is 27.3 Å². The standard InChI is InChI=1S/C33H32N8O3/c42-32-26(19-25-6-8-27(37-25)33(43)34-11-13-40-14-16-44-17-15-40)29-30(35-21-36-31(29)39-32)38-24-7-9-28-23(18-24)10-12-41(28)20-22-4-2-1-3-5-22/h1-10,12,18-19,21,37H,11,13-17,20H2,(H,34,43)(H2,35,36,38,39,42). The number of ether oxygens (including phenoxy) is 1. The average Bonchev–Trinajstić information content (AvgIpc) is 3.76. The van der Waals surface area contributed by atoms with E-state index in [2.05, 4.69) is 76.9 Å². The quantitative estimate of drug-likeness (QED) is 0.191. The third kappa shape index (κ3) is 5.83. The van der Waals surface area contributed by atoms with Crippen LogP contribution in [0.15, 0.2) is 79.3 Å². The van der Waals surface area contributed by atoms with Gasteiger partial charge in [0, 0.05) is 61.2 Å². The Morgan fingerprint density at radius 2 is 1.89 bits per heavy atom. The molecule has 5 aromatic rings.